The predicted octanol–water partition coefficient (Wildman–Crippen LogP) is 5.63. The molecule has 0 aliphatic carbocycles. The summed E-state index contributed by atoms with van der Waals surface area (Å²) in [5.41, 5.74) is 2.02. The highest BCUT2D eigenvalue weighted by Gasteiger charge is 2.41. The molecule has 0 atom stereocenters. The third-order valence-electron chi connectivity index (χ3n) is 7.66. The number of amides is 1. The number of halogens is 3. The number of benzene rings is 2. The Bertz CT molecular complexity index is 1730. The van der Waals surface area contributed by atoms with E-state index in [2.05, 4.69) is 26.6 Å². The maximum atomic E-state index is 14.3. The van der Waals surface area contributed by atoms with Crippen LogP contribution in [0.15, 0.2) is 48.8 Å². The first-order valence-corrected chi connectivity index (χ1v) is 13.6. The Morgan fingerprint density at radius 1 is 1.05 bits per heavy atom. The molecule has 0 bridgehead atoms. The fourth-order valence-corrected chi connectivity index (χ4v) is 5.65. The van der Waals surface area contributed by atoms with E-state index in [4.69, 9.17) is 0 Å². The molecule has 214 valence electrons. The van der Waals surface area contributed by atoms with Gasteiger partial charge in [0.05, 0.1) is 23.7 Å². The number of nitriles is 1. The van der Waals surface area contributed by atoms with Gasteiger partial charge in [-0.25, -0.2) is 4.98 Å². The van der Waals surface area contributed by atoms with Gasteiger partial charge in [0, 0.05) is 43.5 Å². The Morgan fingerprint density at radius 2 is 1.83 bits per heavy atom. The monoisotopic (exact) mass is 572 g/mol. The second-order valence-corrected chi connectivity index (χ2v) is 10.4. The zero-order valence-electron chi connectivity index (χ0n) is 23.0. The molecule has 2 aromatic carbocycles. The molecular weight excluding hydrogens is 545 g/mol. The van der Waals surface area contributed by atoms with E-state index in [9.17, 15) is 23.2 Å². The van der Waals surface area contributed by atoms with Crippen LogP contribution in [0.25, 0.3) is 22.5 Å². The lowest BCUT2D eigenvalue weighted by atomic mass is 9.97. The minimum atomic E-state index is -4.62. The van der Waals surface area contributed by atoms with E-state index in [-0.39, 0.29) is 23.5 Å². The number of hydrogen-bond acceptors (Lipinski definition) is 7. The van der Waals surface area contributed by atoms with Gasteiger partial charge in [-0.3, -0.25) is 9.69 Å². The van der Waals surface area contributed by atoms with Gasteiger partial charge in [0.25, 0.3) is 5.91 Å². The van der Waals surface area contributed by atoms with E-state index >= 15 is 0 Å². The Labute approximate surface area is 240 Å². The van der Waals surface area contributed by atoms with Crippen molar-refractivity contribution in [1.82, 2.24) is 19.7 Å². The number of alkyl halides is 3. The predicted molar refractivity (Wildman–Crippen MR) is 152 cm³/mol. The molecule has 1 amide bonds. The maximum absolute atomic E-state index is 14.3. The molecule has 0 spiro atoms. The van der Waals surface area contributed by atoms with Crippen molar-refractivity contribution < 1.29 is 18.0 Å². The summed E-state index contributed by atoms with van der Waals surface area (Å²) in [6, 6.07) is 13.5. The summed E-state index contributed by atoms with van der Waals surface area (Å²) < 4.78 is 44.6. The van der Waals surface area contributed by atoms with Crippen LogP contribution >= 0.6 is 0 Å². The lowest BCUT2D eigenvalue weighted by Gasteiger charge is -2.21. The van der Waals surface area contributed by atoms with Gasteiger partial charge in [-0.2, -0.15) is 18.4 Å². The van der Waals surface area contributed by atoms with Crippen molar-refractivity contribution in [2.24, 2.45) is 7.05 Å². The number of aromatic nitrogens is 4. The smallest absolute Gasteiger partial charge is 0.372 e. The van der Waals surface area contributed by atoms with Crippen LogP contribution in [0.4, 0.5) is 30.5 Å². The zero-order valence-corrected chi connectivity index (χ0v) is 23.0. The van der Waals surface area contributed by atoms with Crippen LogP contribution in [0.3, 0.4) is 0 Å². The van der Waals surface area contributed by atoms with E-state index in [1.54, 1.807) is 54.3 Å². The van der Waals surface area contributed by atoms with Crippen molar-refractivity contribution >= 4 is 23.2 Å². The SMILES string of the molecule is CCNc1cc(-c2ccc(C#N)cc2-c2nncn2C)cc(N2Cc3c(cc(N4CCCC4)cc3C(F)(F)F)C2=O)n1. The molecule has 9 nitrogen and oxygen atoms in total. The Balaban J connectivity index is 1.47. The number of nitrogens with zero attached hydrogens (tertiary/aromatic N) is 7. The van der Waals surface area contributed by atoms with Crippen molar-refractivity contribution in [3.8, 4) is 28.6 Å². The second-order valence-electron chi connectivity index (χ2n) is 10.4. The number of anilines is 3. The highest BCUT2D eigenvalue weighted by Crippen LogP contribution is 2.42. The maximum Gasteiger partial charge on any atom is 0.416 e. The van der Waals surface area contributed by atoms with E-state index in [1.807, 2.05) is 11.8 Å². The van der Waals surface area contributed by atoms with E-state index in [1.165, 1.54) is 11.0 Å². The zero-order chi connectivity index (χ0) is 29.6. The fourth-order valence-electron chi connectivity index (χ4n) is 5.65. The highest BCUT2D eigenvalue weighted by molar-refractivity contribution is 6.11. The standard InChI is InChI=1S/C30H27F3N8O/c1-3-35-26-11-19(21-7-6-18(15-34)10-22(21)28-38-36-17-39(28)2)12-27(37-26)41-16-24-23(29(41)42)13-20(40-8-4-5-9-40)14-25(24)30(31,32)33/h6-7,10-14,17H,3-5,8-9,16H2,1-2H3,(H,35,37). The molecule has 1 saturated heterocycles. The summed E-state index contributed by atoms with van der Waals surface area (Å²) in [5, 5.41) is 20.9. The third-order valence-corrected chi connectivity index (χ3v) is 7.66. The summed E-state index contributed by atoms with van der Waals surface area (Å²) in [5.74, 6) is 0.668. The minimum Gasteiger partial charge on any atom is -0.372 e. The molecule has 6 rings (SSSR count). The average Bonchev–Trinajstić information content (AvgIpc) is 3.73. The number of carbonyl (C=O) groups excluding carboxylic acids is 1. The van der Waals surface area contributed by atoms with Crippen LogP contribution in [0.2, 0.25) is 0 Å². The molecule has 4 aromatic rings. The molecule has 2 aliphatic heterocycles. The fraction of sp³-hybridized carbons (Fsp3) is 0.300. The van der Waals surface area contributed by atoms with Crippen LogP contribution in [0.5, 0.6) is 0 Å². The molecule has 1 fully saturated rings. The molecule has 0 saturated carbocycles. The van der Waals surface area contributed by atoms with Crippen molar-refractivity contribution in [2.75, 3.05) is 34.8 Å². The summed E-state index contributed by atoms with van der Waals surface area (Å²) in [7, 11) is 1.79. The molecule has 0 unspecified atom stereocenters. The summed E-state index contributed by atoms with van der Waals surface area (Å²) in [6.07, 6.45) is -1.27. The highest BCUT2D eigenvalue weighted by atomic mass is 19.4. The Hall–Kier alpha value is -4.92. The minimum absolute atomic E-state index is 0.0436. The van der Waals surface area contributed by atoms with Gasteiger partial charge in [0.2, 0.25) is 0 Å². The second kappa shape index (κ2) is 10.5. The number of aryl methyl sites for hydroxylation is 1. The van der Waals surface area contributed by atoms with Gasteiger partial charge in [-0.1, -0.05) is 6.07 Å². The van der Waals surface area contributed by atoms with Crippen LogP contribution in [-0.4, -0.2) is 45.3 Å². The van der Waals surface area contributed by atoms with Gasteiger partial charge in [0.1, 0.15) is 18.0 Å². The lowest BCUT2D eigenvalue weighted by Crippen LogP contribution is -2.24. The van der Waals surface area contributed by atoms with Crippen LogP contribution in [-0.2, 0) is 19.8 Å². The largest absolute Gasteiger partial charge is 0.416 e. The number of carbonyl (C=O) groups is 1. The number of fused-ring (bicyclic) bond motifs is 1. The summed E-state index contributed by atoms with van der Waals surface area (Å²) >= 11 is 0. The molecule has 4 heterocycles. The Morgan fingerprint density at radius 3 is 2.50 bits per heavy atom. The average molecular weight is 573 g/mol. The van der Waals surface area contributed by atoms with Crippen LogP contribution in [0.1, 0.15) is 46.8 Å². The van der Waals surface area contributed by atoms with Gasteiger partial charge in [-0.15, -0.1) is 10.2 Å². The summed E-state index contributed by atoms with van der Waals surface area (Å²) in [6.45, 7) is 3.48. The van der Waals surface area contributed by atoms with Crippen molar-refractivity contribution in [1.29, 1.82) is 5.26 Å². The normalized spacial score (nSPS) is 14.8. The quantitative estimate of drug-likeness (QED) is 0.320. The van der Waals surface area contributed by atoms with Crippen molar-refractivity contribution in [3.05, 3.63) is 71.0 Å². The summed E-state index contributed by atoms with van der Waals surface area (Å²) in [4.78, 5) is 21.6. The molecule has 2 aliphatic rings. The molecule has 2 aromatic heterocycles. The first-order chi connectivity index (χ1) is 20.2. The molecule has 42 heavy (non-hydrogen) atoms. The molecular formula is C30H27F3N8O. The topological polar surface area (TPSA) is 103 Å². The number of rotatable bonds is 6. The lowest BCUT2D eigenvalue weighted by molar-refractivity contribution is -0.138. The van der Waals surface area contributed by atoms with Crippen molar-refractivity contribution in [2.45, 2.75) is 32.5 Å². The van der Waals surface area contributed by atoms with Gasteiger partial charge in [-0.05, 0) is 72.9 Å². The molecule has 12 heteroatoms. The van der Waals surface area contributed by atoms with E-state index in [0.717, 1.165) is 12.8 Å². The number of hydrogen-bond donors (Lipinski definition) is 1. The van der Waals surface area contributed by atoms with Gasteiger partial charge >= 0.3 is 6.18 Å². The number of pyridine rings is 1. The molecule has 1 N–H and O–H groups in total. The first kappa shape index (κ1) is 27.3. The van der Waals surface area contributed by atoms with Crippen LogP contribution in [0, 0.1) is 11.3 Å². The van der Waals surface area contributed by atoms with E-state index in [0.29, 0.717) is 59.2 Å². The Kier molecular flexibility index (Phi) is 6.80. The van der Waals surface area contributed by atoms with Crippen molar-refractivity contribution in [3.63, 3.8) is 0 Å². The van der Waals surface area contributed by atoms with Gasteiger partial charge in [0.15, 0.2) is 5.82 Å². The van der Waals surface area contributed by atoms with E-state index < -0.39 is 17.6 Å². The van der Waals surface area contributed by atoms with Crippen LogP contribution < -0.4 is 15.1 Å². The number of nitrogens with one attached hydrogen (secondary N) is 1. The van der Waals surface area contributed by atoms with Gasteiger partial charge < -0.3 is 14.8 Å². The third kappa shape index (κ3) is 4.81. The molecule has 0 radical (unpaired) electrons. The first-order valence-electron chi connectivity index (χ1n) is 13.6.